The van der Waals surface area contributed by atoms with Crippen LogP contribution in [0.25, 0.3) is 0 Å². The number of rotatable bonds is 6. The van der Waals surface area contributed by atoms with E-state index in [-0.39, 0.29) is 5.82 Å². The summed E-state index contributed by atoms with van der Waals surface area (Å²) in [5.41, 5.74) is 1.86. The molecule has 0 aliphatic carbocycles. The smallest absolute Gasteiger partial charge is 0.190 e. The minimum atomic E-state index is -0.223. The minimum absolute atomic E-state index is 0.223. The lowest BCUT2D eigenvalue weighted by atomic mass is 10.3. The van der Waals surface area contributed by atoms with E-state index in [1.165, 1.54) is 12.1 Å². The van der Waals surface area contributed by atoms with Crippen LogP contribution in [0, 0.1) is 5.82 Å². The zero-order chi connectivity index (χ0) is 14.5. The van der Waals surface area contributed by atoms with Gasteiger partial charge in [-0.2, -0.15) is 0 Å². The molecule has 0 aliphatic heterocycles. The van der Waals surface area contributed by atoms with Crippen LogP contribution in [0.3, 0.4) is 0 Å². The number of anilines is 2. The summed E-state index contributed by atoms with van der Waals surface area (Å²) in [4.78, 5) is 6.64. The van der Waals surface area contributed by atoms with Crippen LogP contribution in [0.4, 0.5) is 15.2 Å². The average Bonchev–Trinajstić information content (AvgIpc) is 2.86. The van der Waals surface area contributed by atoms with Crippen LogP contribution in [0.5, 0.6) is 0 Å². The maximum atomic E-state index is 13.3. The Labute approximate surface area is 123 Å². The SMILES string of the molecule is CCN(c1cccc(F)c1)c1nc(CNC(C)C)cs1. The predicted octanol–water partition coefficient (Wildman–Crippen LogP) is 3.94. The summed E-state index contributed by atoms with van der Waals surface area (Å²) in [5.74, 6) is -0.223. The van der Waals surface area contributed by atoms with Gasteiger partial charge in [0, 0.05) is 30.2 Å². The van der Waals surface area contributed by atoms with E-state index in [2.05, 4.69) is 24.1 Å². The van der Waals surface area contributed by atoms with Crippen molar-refractivity contribution in [2.45, 2.75) is 33.4 Å². The lowest BCUT2D eigenvalue weighted by Gasteiger charge is -2.19. The highest BCUT2D eigenvalue weighted by atomic mass is 32.1. The molecule has 1 aromatic carbocycles. The van der Waals surface area contributed by atoms with E-state index in [1.54, 1.807) is 17.4 Å². The van der Waals surface area contributed by atoms with E-state index in [4.69, 9.17) is 0 Å². The first kappa shape index (κ1) is 14.9. The molecular formula is C15H20FN3S. The Bertz CT molecular complexity index is 554. The fourth-order valence-electron chi connectivity index (χ4n) is 1.88. The standard InChI is InChI=1S/C15H20FN3S/c1-4-19(14-7-5-6-12(16)8-14)15-18-13(10-20-15)9-17-11(2)3/h5-8,10-11,17H,4,9H2,1-3H3. The van der Waals surface area contributed by atoms with E-state index in [9.17, 15) is 4.39 Å². The molecule has 5 heteroatoms. The van der Waals surface area contributed by atoms with Gasteiger partial charge in [0.1, 0.15) is 5.82 Å². The van der Waals surface area contributed by atoms with Crippen LogP contribution in [-0.4, -0.2) is 17.6 Å². The van der Waals surface area contributed by atoms with E-state index >= 15 is 0 Å². The number of halogens is 1. The normalized spacial score (nSPS) is 11.1. The maximum Gasteiger partial charge on any atom is 0.190 e. The lowest BCUT2D eigenvalue weighted by molar-refractivity contribution is 0.583. The molecule has 0 saturated carbocycles. The van der Waals surface area contributed by atoms with Gasteiger partial charge >= 0.3 is 0 Å². The van der Waals surface area contributed by atoms with Crippen LogP contribution < -0.4 is 10.2 Å². The molecule has 0 radical (unpaired) electrons. The summed E-state index contributed by atoms with van der Waals surface area (Å²) in [6.07, 6.45) is 0. The van der Waals surface area contributed by atoms with E-state index in [0.29, 0.717) is 6.04 Å². The van der Waals surface area contributed by atoms with Crippen molar-refractivity contribution in [3.05, 3.63) is 41.2 Å². The first-order valence-corrected chi connectivity index (χ1v) is 7.69. The van der Waals surface area contributed by atoms with Crippen molar-refractivity contribution >= 4 is 22.2 Å². The molecule has 1 N–H and O–H groups in total. The molecule has 1 heterocycles. The third-order valence-corrected chi connectivity index (χ3v) is 3.81. The molecular weight excluding hydrogens is 273 g/mol. The molecule has 0 fully saturated rings. The first-order chi connectivity index (χ1) is 9.60. The van der Waals surface area contributed by atoms with Gasteiger partial charge in [0.15, 0.2) is 5.13 Å². The van der Waals surface area contributed by atoms with E-state index in [1.807, 2.05) is 23.3 Å². The summed E-state index contributed by atoms with van der Waals surface area (Å²) in [7, 11) is 0. The van der Waals surface area contributed by atoms with Gasteiger partial charge in [-0.25, -0.2) is 9.37 Å². The van der Waals surface area contributed by atoms with Gasteiger partial charge in [-0.3, -0.25) is 0 Å². The molecule has 2 rings (SSSR count). The fraction of sp³-hybridized carbons (Fsp3) is 0.400. The van der Waals surface area contributed by atoms with Gasteiger partial charge in [0.05, 0.1) is 5.69 Å². The van der Waals surface area contributed by atoms with Crippen molar-refractivity contribution in [2.24, 2.45) is 0 Å². The van der Waals surface area contributed by atoms with Crippen LogP contribution in [0.15, 0.2) is 29.6 Å². The molecule has 0 saturated heterocycles. The van der Waals surface area contributed by atoms with Crippen LogP contribution >= 0.6 is 11.3 Å². The van der Waals surface area contributed by atoms with Crippen molar-refractivity contribution in [2.75, 3.05) is 11.4 Å². The predicted molar refractivity (Wildman–Crippen MR) is 83.2 cm³/mol. The maximum absolute atomic E-state index is 13.3. The highest BCUT2D eigenvalue weighted by molar-refractivity contribution is 7.13. The number of nitrogens with zero attached hydrogens (tertiary/aromatic N) is 2. The topological polar surface area (TPSA) is 28.2 Å². The molecule has 3 nitrogen and oxygen atoms in total. The zero-order valence-corrected chi connectivity index (χ0v) is 12.9. The van der Waals surface area contributed by atoms with Crippen LogP contribution in [-0.2, 0) is 6.54 Å². The monoisotopic (exact) mass is 293 g/mol. The Morgan fingerprint density at radius 2 is 2.20 bits per heavy atom. The Kier molecular flexibility index (Phi) is 5.09. The first-order valence-electron chi connectivity index (χ1n) is 6.81. The number of thiazole rings is 1. The van der Waals surface area contributed by atoms with Gasteiger partial charge in [-0.15, -0.1) is 11.3 Å². The van der Waals surface area contributed by atoms with Crippen molar-refractivity contribution in [1.29, 1.82) is 0 Å². The Morgan fingerprint density at radius 3 is 2.85 bits per heavy atom. The zero-order valence-electron chi connectivity index (χ0n) is 12.1. The van der Waals surface area contributed by atoms with Crippen molar-refractivity contribution in [1.82, 2.24) is 10.3 Å². The molecule has 108 valence electrons. The Balaban J connectivity index is 2.16. The number of aromatic nitrogens is 1. The number of hydrogen-bond donors (Lipinski definition) is 1. The molecule has 0 aliphatic rings. The number of hydrogen-bond acceptors (Lipinski definition) is 4. The molecule has 0 spiro atoms. The number of benzene rings is 1. The van der Waals surface area contributed by atoms with Gasteiger partial charge in [0.25, 0.3) is 0 Å². The largest absolute Gasteiger partial charge is 0.318 e. The summed E-state index contributed by atoms with van der Waals surface area (Å²) in [6, 6.07) is 7.06. The third-order valence-electron chi connectivity index (χ3n) is 2.90. The van der Waals surface area contributed by atoms with E-state index < -0.39 is 0 Å². The Hall–Kier alpha value is -1.46. The molecule has 0 bridgehead atoms. The highest BCUT2D eigenvalue weighted by Gasteiger charge is 2.12. The molecule has 0 unspecified atom stereocenters. The summed E-state index contributed by atoms with van der Waals surface area (Å²) >= 11 is 1.59. The molecule has 20 heavy (non-hydrogen) atoms. The van der Waals surface area contributed by atoms with Crippen molar-refractivity contribution in [3.63, 3.8) is 0 Å². The van der Waals surface area contributed by atoms with Crippen LogP contribution in [0.2, 0.25) is 0 Å². The van der Waals surface area contributed by atoms with E-state index in [0.717, 1.165) is 29.6 Å². The lowest BCUT2D eigenvalue weighted by Crippen LogP contribution is -2.22. The van der Waals surface area contributed by atoms with Gasteiger partial charge in [-0.05, 0) is 25.1 Å². The third kappa shape index (κ3) is 3.77. The molecule has 1 aromatic heterocycles. The van der Waals surface area contributed by atoms with Gasteiger partial charge < -0.3 is 10.2 Å². The molecule has 0 atom stereocenters. The molecule has 0 amide bonds. The summed E-state index contributed by atoms with van der Waals surface area (Å²) < 4.78 is 13.3. The average molecular weight is 293 g/mol. The fourth-order valence-corrected chi connectivity index (χ4v) is 2.79. The van der Waals surface area contributed by atoms with Gasteiger partial charge in [-0.1, -0.05) is 19.9 Å². The minimum Gasteiger partial charge on any atom is -0.318 e. The summed E-state index contributed by atoms with van der Waals surface area (Å²) in [6.45, 7) is 7.78. The highest BCUT2D eigenvalue weighted by Crippen LogP contribution is 2.28. The van der Waals surface area contributed by atoms with Crippen molar-refractivity contribution < 1.29 is 4.39 Å². The quantitative estimate of drug-likeness (QED) is 0.874. The second-order valence-electron chi connectivity index (χ2n) is 4.88. The molecule has 2 aromatic rings. The van der Waals surface area contributed by atoms with Crippen LogP contribution in [0.1, 0.15) is 26.5 Å². The second kappa shape index (κ2) is 6.81. The number of nitrogens with one attached hydrogen (secondary N) is 1. The van der Waals surface area contributed by atoms with Gasteiger partial charge in [0.2, 0.25) is 0 Å². The Morgan fingerprint density at radius 1 is 1.40 bits per heavy atom. The second-order valence-corrected chi connectivity index (χ2v) is 5.72. The van der Waals surface area contributed by atoms with Crippen molar-refractivity contribution in [3.8, 4) is 0 Å². The summed E-state index contributed by atoms with van der Waals surface area (Å²) in [5, 5.41) is 6.30.